The molecule has 56 valence electrons. The summed E-state index contributed by atoms with van der Waals surface area (Å²) in [7, 11) is 0. The van der Waals surface area contributed by atoms with Crippen LogP contribution >= 0.6 is 34.1 Å². The van der Waals surface area contributed by atoms with Crippen molar-refractivity contribution in [3.8, 4) is 5.95 Å². The summed E-state index contributed by atoms with van der Waals surface area (Å²) >= 11 is 3.52. The minimum absolute atomic E-state index is 0.692. The molecule has 0 saturated carbocycles. The zero-order valence-electron chi connectivity index (χ0n) is 5.31. The van der Waals surface area contributed by atoms with Crippen molar-refractivity contribution in [2.75, 3.05) is 0 Å². The van der Waals surface area contributed by atoms with Gasteiger partial charge in [-0.1, -0.05) is 0 Å². The Kier molecular flexibility index (Phi) is 1.86. The second kappa shape index (κ2) is 2.86. The van der Waals surface area contributed by atoms with Crippen LogP contribution in [0.15, 0.2) is 18.7 Å². The van der Waals surface area contributed by atoms with Crippen LogP contribution in [0.3, 0.4) is 0 Å². The maximum absolute atomic E-state index is 4.17. The van der Waals surface area contributed by atoms with E-state index in [9.17, 15) is 0 Å². The van der Waals surface area contributed by atoms with Gasteiger partial charge in [0.2, 0.25) is 5.95 Å². The summed E-state index contributed by atoms with van der Waals surface area (Å²) in [6.07, 6.45) is 5.20. The third-order valence-corrected chi connectivity index (χ3v) is 2.45. The molecule has 0 amide bonds. The Morgan fingerprint density at radius 2 is 2.45 bits per heavy atom. The molecule has 0 aliphatic carbocycles. The summed E-state index contributed by atoms with van der Waals surface area (Å²) in [6.45, 7) is 0. The van der Waals surface area contributed by atoms with Crippen molar-refractivity contribution in [1.29, 1.82) is 0 Å². The van der Waals surface area contributed by atoms with Crippen LogP contribution in [0.25, 0.3) is 5.95 Å². The highest BCUT2D eigenvalue weighted by molar-refractivity contribution is 14.1. The molecule has 0 saturated heterocycles. The van der Waals surface area contributed by atoms with Crippen LogP contribution in [0, 0.1) is 3.01 Å². The van der Waals surface area contributed by atoms with Crippen LogP contribution in [0.1, 0.15) is 0 Å². The molecule has 0 fully saturated rings. The van der Waals surface area contributed by atoms with Gasteiger partial charge in [-0.3, -0.25) is 4.57 Å². The molecule has 0 radical (unpaired) electrons. The molecule has 2 heterocycles. The normalized spacial score (nSPS) is 10.3. The first-order valence-electron chi connectivity index (χ1n) is 2.84. The Morgan fingerprint density at radius 1 is 1.55 bits per heavy atom. The van der Waals surface area contributed by atoms with Gasteiger partial charge in [0.05, 0.1) is 0 Å². The third kappa shape index (κ3) is 1.41. The fourth-order valence-corrected chi connectivity index (χ4v) is 1.61. The first-order valence-corrected chi connectivity index (χ1v) is 4.69. The standard InChI is InChI=1S/C5H3IN4S/c6-4-8-5(9-11-4)10-2-1-7-3-10/h1-3H. The average molecular weight is 278 g/mol. The second-order valence-electron chi connectivity index (χ2n) is 1.82. The lowest BCUT2D eigenvalue weighted by Gasteiger charge is -1.89. The highest BCUT2D eigenvalue weighted by Gasteiger charge is 2.01. The summed E-state index contributed by atoms with van der Waals surface area (Å²) < 4.78 is 6.82. The highest BCUT2D eigenvalue weighted by Crippen LogP contribution is 2.09. The Labute approximate surface area is 80.6 Å². The van der Waals surface area contributed by atoms with Gasteiger partial charge in [0.15, 0.2) is 3.01 Å². The van der Waals surface area contributed by atoms with Crippen molar-refractivity contribution in [2.24, 2.45) is 0 Å². The van der Waals surface area contributed by atoms with Crippen molar-refractivity contribution in [3.05, 3.63) is 21.7 Å². The Balaban J connectivity index is 2.45. The number of hydrogen-bond donors (Lipinski definition) is 0. The maximum Gasteiger partial charge on any atom is 0.247 e. The van der Waals surface area contributed by atoms with Crippen molar-refractivity contribution < 1.29 is 0 Å². The maximum atomic E-state index is 4.17. The SMILES string of the molecule is Ic1nc(-n2ccnc2)ns1. The summed E-state index contributed by atoms with van der Waals surface area (Å²) in [6, 6.07) is 0. The second-order valence-corrected chi connectivity index (χ2v) is 4.32. The molecule has 0 unspecified atom stereocenters. The zero-order chi connectivity index (χ0) is 7.68. The number of imidazole rings is 1. The Hall–Kier alpha value is -0.500. The van der Waals surface area contributed by atoms with E-state index in [4.69, 9.17) is 0 Å². The van der Waals surface area contributed by atoms with Crippen molar-refractivity contribution in [3.63, 3.8) is 0 Å². The fraction of sp³-hybridized carbons (Fsp3) is 0. The molecule has 0 N–H and O–H groups in total. The zero-order valence-corrected chi connectivity index (χ0v) is 8.28. The molecule has 4 nitrogen and oxygen atoms in total. The van der Waals surface area contributed by atoms with Crippen LogP contribution in [0.4, 0.5) is 0 Å². The van der Waals surface area contributed by atoms with Crippen LogP contribution in [-0.2, 0) is 0 Å². The smallest absolute Gasteiger partial charge is 0.247 e. The van der Waals surface area contributed by atoms with Crippen molar-refractivity contribution >= 4 is 34.1 Å². The lowest BCUT2D eigenvalue weighted by molar-refractivity contribution is 0.962. The van der Waals surface area contributed by atoms with Crippen molar-refractivity contribution in [1.82, 2.24) is 18.9 Å². The van der Waals surface area contributed by atoms with Crippen LogP contribution in [-0.4, -0.2) is 18.9 Å². The van der Waals surface area contributed by atoms with E-state index in [0.717, 1.165) is 3.01 Å². The molecule has 0 aromatic carbocycles. The topological polar surface area (TPSA) is 43.6 Å². The van der Waals surface area contributed by atoms with Gasteiger partial charge in [-0.15, -0.1) is 0 Å². The Morgan fingerprint density at radius 3 is 3.00 bits per heavy atom. The van der Waals surface area contributed by atoms with Crippen molar-refractivity contribution in [2.45, 2.75) is 0 Å². The molecule has 0 atom stereocenters. The first-order chi connectivity index (χ1) is 5.36. The van der Waals surface area contributed by atoms with Gasteiger partial charge in [-0.05, 0) is 34.1 Å². The molecular formula is C5H3IN4S. The van der Waals surface area contributed by atoms with Gasteiger partial charge in [-0.2, -0.15) is 9.36 Å². The summed E-state index contributed by atoms with van der Waals surface area (Å²) in [4.78, 5) is 8.06. The number of aromatic nitrogens is 4. The summed E-state index contributed by atoms with van der Waals surface area (Å²) in [5.41, 5.74) is 0. The lowest BCUT2D eigenvalue weighted by atomic mass is 10.8. The van der Waals surface area contributed by atoms with Gasteiger partial charge in [0.1, 0.15) is 6.33 Å². The minimum Gasteiger partial charge on any atom is -0.274 e. The van der Waals surface area contributed by atoms with E-state index in [1.54, 1.807) is 17.1 Å². The van der Waals surface area contributed by atoms with Crippen LogP contribution < -0.4 is 0 Å². The van der Waals surface area contributed by atoms with Crippen LogP contribution in [0.2, 0.25) is 0 Å². The molecule has 6 heteroatoms. The molecular weight excluding hydrogens is 275 g/mol. The van der Waals surface area contributed by atoms with Crippen LogP contribution in [0.5, 0.6) is 0 Å². The predicted octanol–water partition coefficient (Wildman–Crippen LogP) is 1.33. The molecule has 11 heavy (non-hydrogen) atoms. The molecule has 0 aliphatic heterocycles. The third-order valence-electron chi connectivity index (χ3n) is 1.13. The number of hydrogen-bond acceptors (Lipinski definition) is 4. The molecule has 0 aliphatic rings. The molecule has 2 aromatic rings. The quantitative estimate of drug-likeness (QED) is 0.739. The van der Waals surface area contributed by atoms with Gasteiger partial charge in [0, 0.05) is 12.4 Å². The summed E-state index contributed by atoms with van der Waals surface area (Å²) in [5, 5.41) is 0. The van der Waals surface area contributed by atoms with E-state index >= 15 is 0 Å². The van der Waals surface area contributed by atoms with E-state index in [1.165, 1.54) is 11.5 Å². The van der Waals surface area contributed by atoms with E-state index < -0.39 is 0 Å². The average Bonchev–Trinajstić information content (AvgIpc) is 2.55. The highest BCUT2D eigenvalue weighted by atomic mass is 127. The predicted molar refractivity (Wildman–Crippen MR) is 49.7 cm³/mol. The van der Waals surface area contributed by atoms with Gasteiger partial charge in [0.25, 0.3) is 0 Å². The van der Waals surface area contributed by atoms with E-state index in [1.807, 2.05) is 6.20 Å². The molecule has 2 rings (SSSR count). The van der Waals surface area contributed by atoms with E-state index in [2.05, 4.69) is 36.9 Å². The largest absolute Gasteiger partial charge is 0.274 e. The number of nitrogens with zero attached hydrogens (tertiary/aromatic N) is 4. The minimum atomic E-state index is 0.692. The summed E-state index contributed by atoms with van der Waals surface area (Å²) in [5.74, 6) is 0.692. The first kappa shape index (κ1) is 7.17. The number of rotatable bonds is 1. The van der Waals surface area contributed by atoms with Gasteiger partial charge >= 0.3 is 0 Å². The molecule has 0 spiro atoms. The number of halogens is 1. The van der Waals surface area contributed by atoms with Gasteiger partial charge < -0.3 is 0 Å². The Bertz CT molecular complexity index is 341. The van der Waals surface area contributed by atoms with E-state index in [-0.39, 0.29) is 0 Å². The van der Waals surface area contributed by atoms with E-state index in [0.29, 0.717) is 5.95 Å². The fourth-order valence-electron chi connectivity index (χ4n) is 0.680. The monoisotopic (exact) mass is 278 g/mol. The molecule has 2 aromatic heterocycles. The van der Waals surface area contributed by atoms with Gasteiger partial charge in [-0.25, -0.2) is 4.98 Å². The lowest BCUT2D eigenvalue weighted by Crippen LogP contribution is -1.91. The molecule has 0 bridgehead atoms.